The first kappa shape index (κ1) is 19.4. The molecule has 8 heteroatoms. The summed E-state index contributed by atoms with van der Waals surface area (Å²) in [6.07, 6.45) is 8.32. The number of aromatic nitrogens is 4. The van der Waals surface area contributed by atoms with Gasteiger partial charge in [-0.1, -0.05) is 6.42 Å². The van der Waals surface area contributed by atoms with E-state index in [0.29, 0.717) is 35.3 Å². The molecule has 3 aliphatic heterocycles. The number of allylic oxidation sites excluding steroid dienone is 1. The molecule has 0 radical (unpaired) electrons. The predicted molar refractivity (Wildman–Crippen MR) is 117 cm³/mol. The van der Waals surface area contributed by atoms with Gasteiger partial charge < -0.3 is 15.2 Å². The molecule has 0 aliphatic carbocycles. The van der Waals surface area contributed by atoms with Crippen LogP contribution in [0.4, 0.5) is 4.39 Å². The second kappa shape index (κ2) is 7.70. The van der Waals surface area contributed by atoms with E-state index in [2.05, 4.69) is 20.6 Å². The minimum absolute atomic E-state index is 0.0776. The van der Waals surface area contributed by atoms with Gasteiger partial charge in [0.2, 0.25) is 0 Å². The predicted octanol–water partition coefficient (Wildman–Crippen LogP) is 3.68. The number of benzene rings is 1. The largest absolute Gasteiger partial charge is 0.507 e. The zero-order valence-electron chi connectivity index (χ0n) is 17.5. The summed E-state index contributed by atoms with van der Waals surface area (Å²) < 4.78 is 22.8. The molecule has 2 bridgehead atoms. The van der Waals surface area contributed by atoms with Crippen molar-refractivity contribution in [1.82, 2.24) is 25.3 Å². The van der Waals surface area contributed by atoms with Crippen LogP contribution in [0.3, 0.4) is 0 Å². The van der Waals surface area contributed by atoms with Gasteiger partial charge in [0.25, 0.3) is 0 Å². The van der Waals surface area contributed by atoms with Crippen molar-refractivity contribution in [1.29, 1.82) is 0 Å². The summed E-state index contributed by atoms with van der Waals surface area (Å²) in [4.78, 5) is 0. The number of phenolic OH excluding ortho intramolecular Hbond substituents is 1. The van der Waals surface area contributed by atoms with Gasteiger partial charge in [-0.25, -0.2) is 9.07 Å². The van der Waals surface area contributed by atoms with E-state index >= 15 is 4.39 Å². The van der Waals surface area contributed by atoms with Crippen molar-refractivity contribution in [3.8, 4) is 28.4 Å². The number of ether oxygens (including phenoxy) is 1. The van der Waals surface area contributed by atoms with Gasteiger partial charge >= 0.3 is 0 Å². The summed E-state index contributed by atoms with van der Waals surface area (Å²) in [6.45, 7) is 0.379. The van der Waals surface area contributed by atoms with Crippen molar-refractivity contribution >= 4 is 5.57 Å². The molecule has 1 aromatic carbocycles. The Morgan fingerprint density at radius 2 is 2.12 bits per heavy atom. The fraction of sp³-hybridized carbons (Fsp3) is 0.375. The summed E-state index contributed by atoms with van der Waals surface area (Å²) in [5, 5.41) is 27.0. The second-order valence-corrected chi connectivity index (χ2v) is 8.75. The Kier molecular flexibility index (Phi) is 4.68. The number of halogens is 1. The van der Waals surface area contributed by atoms with Crippen LogP contribution in [0.25, 0.3) is 22.5 Å². The van der Waals surface area contributed by atoms with Crippen molar-refractivity contribution in [3.63, 3.8) is 0 Å². The van der Waals surface area contributed by atoms with E-state index in [4.69, 9.17) is 4.74 Å². The maximum absolute atomic E-state index is 15.3. The molecule has 0 spiro atoms. The molecule has 6 rings (SSSR count). The average Bonchev–Trinajstić information content (AvgIpc) is 3.36. The van der Waals surface area contributed by atoms with Crippen molar-refractivity contribution in [2.24, 2.45) is 5.92 Å². The number of aromatic hydroxyl groups is 1. The SMILES string of the molecule is Oc1cc(-n2cccn2)ccc1-c1cc2c(nn1)C([C@@H]1C[C@H]3CCC[C@H](N3)[C@@H]1F)=CCO2. The number of hydrogen-bond donors (Lipinski definition) is 2. The summed E-state index contributed by atoms with van der Waals surface area (Å²) in [5.74, 6) is 0.462. The zero-order valence-corrected chi connectivity index (χ0v) is 17.5. The van der Waals surface area contributed by atoms with Gasteiger partial charge in [-0.2, -0.15) is 5.10 Å². The molecule has 7 nitrogen and oxygen atoms in total. The number of nitrogens with zero attached hydrogens (tertiary/aromatic N) is 4. The molecule has 5 heterocycles. The van der Waals surface area contributed by atoms with Crippen LogP contribution in [0.1, 0.15) is 31.4 Å². The molecule has 0 unspecified atom stereocenters. The van der Waals surface area contributed by atoms with Gasteiger partial charge in [-0.3, -0.25) is 0 Å². The van der Waals surface area contributed by atoms with Crippen LogP contribution in [0.15, 0.2) is 48.8 Å². The Hall–Kier alpha value is -3.26. The van der Waals surface area contributed by atoms with E-state index in [-0.39, 0.29) is 17.7 Å². The highest BCUT2D eigenvalue weighted by Gasteiger charge is 2.42. The Morgan fingerprint density at radius 1 is 1.19 bits per heavy atom. The van der Waals surface area contributed by atoms with Crippen molar-refractivity contribution < 1.29 is 14.2 Å². The van der Waals surface area contributed by atoms with E-state index in [9.17, 15) is 5.11 Å². The number of alkyl halides is 1. The van der Waals surface area contributed by atoms with E-state index in [1.807, 2.05) is 24.4 Å². The van der Waals surface area contributed by atoms with Crippen molar-refractivity contribution in [3.05, 3.63) is 54.5 Å². The van der Waals surface area contributed by atoms with E-state index < -0.39 is 6.17 Å². The fourth-order valence-corrected chi connectivity index (χ4v) is 5.27. The lowest BCUT2D eigenvalue weighted by Crippen LogP contribution is -2.55. The summed E-state index contributed by atoms with van der Waals surface area (Å²) >= 11 is 0. The maximum Gasteiger partial charge on any atom is 0.149 e. The van der Waals surface area contributed by atoms with Crippen LogP contribution < -0.4 is 10.1 Å². The molecule has 0 saturated carbocycles. The Bertz CT molecular complexity index is 1180. The third-order valence-electron chi connectivity index (χ3n) is 6.82. The molecule has 2 N–H and O–H groups in total. The lowest BCUT2D eigenvalue weighted by Gasteiger charge is -2.44. The second-order valence-electron chi connectivity index (χ2n) is 8.75. The minimum Gasteiger partial charge on any atom is -0.507 e. The van der Waals surface area contributed by atoms with Crippen molar-refractivity contribution in [2.45, 2.75) is 43.9 Å². The Morgan fingerprint density at radius 3 is 2.97 bits per heavy atom. The highest BCUT2D eigenvalue weighted by Crippen LogP contribution is 2.43. The van der Waals surface area contributed by atoms with E-state index in [1.54, 1.807) is 29.1 Å². The Balaban J connectivity index is 1.31. The molecule has 3 aliphatic rings. The van der Waals surface area contributed by atoms with Gasteiger partial charge in [0.05, 0.1) is 5.69 Å². The highest BCUT2D eigenvalue weighted by molar-refractivity contribution is 5.75. The maximum atomic E-state index is 15.3. The minimum atomic E-state index is -0.941. The monoisotopic (exact) mass is 433 g/mol. The number of rotatable bonds is 3. The zero-order chi connectivity index (χ0) is 21.7. The lowest BCUT2D eigenvalue weighted by atomic mass is 9.74. The van der Waals surface area contributed by atoms with Crippen LogP contribution in [-0.4, -0.2) is 49.9 Å². The molecule has 2 aromatic heterocycles. The van der Waals surface area contributed by atoms with Crippen LogP contribution in [0, 0.1) is 5.92 Å². The molecular formula is C24H24FN5O2. The molecule has 32 heavy (non-hydrogen) atoms. The molecule has 4 atom stereocenters. The average molecular weight is 433 g/mol. The van der Waals surface area contributed by atoms with Gasteiger partial charge in [0.1, 0.15) is 35.7 Å². The van der Waals surface area contributed by atoms with Crippen molar-refractivity contribution in [2.75, 3.05) is 6.61 Å². The molecule has 0 amide bonds. The van der Waals surface area contributed by atoms with Crippen LogP contribution in [0.2, 0.25) is 0 Å². The number of fused-ring (bicyclic) bond motifs is 3. The number of nitrogens with one attached hydrogen (secondary N) is 1. The molecule has 2 fully saturated rings. The summed E-state index contributed by atoms with van der Waals surface area (Å²) in [6, 6.07) is 9.15. The summed E-state index contributed by atoms with van der Waals surface area (Å²) in [5.41, 5.74) is 3.31. The quantitative estimate of drug-likeness (QED) is 0.656. The van der Waals surface area contributed by atoms with Gasteiger partial charge in [-0.15, -0.1) is 10.2 Å². The highest BCUT2D eigenvalue weighted by atomic mass is 19.1. The molecule has 3 aromatic rings. The number of hydrogen-bond acceptors (Lipinski definition) is 6. The Labute approximate surface area is 184 Å². The fourth-order valence-electron chi connectivity index (χ4n) is 5.27. The lowest BCUT2D eigenvalue weighted by molar-refractivity contribution is 0.0974. The molecule has 2 saturated heterocycles. The van der Waals surface area contributed by atoms with Crippen LogP contribution in [-0.2, 0) is 0 Å². The standard InChI is InChI=1S/C24H24FN5O2/c25-23-18(11-14-3-1-4-19(23)27-14)16-7-10-32-22-13-20(28-29-24(16)22)17-6-5-15(12-21(17)31)30-9-2-8-26-30/h2,5-9,12-14,18-19,23,27,31H,1,3-4,10-11H2/t14-,18+,19+,23-/m1/s1. The molecular weight excluding hydrogens is 409 g/mol. The first-order chi connectivity index (χ1) is 15.7. The normalized spacial score (nSPS) is 26.7. The van der Waals surface area contributed by atoms with Gasteiger partial charge in [-0.05, 0) is 49.1 Å². The van der Waals surface area contributed by atoms with Crippen LogP contribution in [0.5, 0.6) is 11.5 Å². The van der Waals surface area contributed by atoms with E-state index in [1.165, 1.54) is 0 Å². The first-order valence-corrected chi connectivity index (χ1v) is 11.1. The van der Waals surface area contributed by atoms with Gasteiger partial charge in [0.15, 0.2) is 0 Å². The number of piperidine rings is 2. The smallest absolute Gasteiger partial charge is 0.149 e. The molecule has 164 valence electrons. The topological polar surface area (TPSA) is 85.1 Å². The van der Waals surface area contributed by atoms with Crippen LogP contribution >= 0.6 is 0 Å². The third-order valence-corrected chi connectivity index (χ3v) is 6.82. The van der Waals surface area contributed by atoms with E-state index in [0.717, 1.165) is 36.9 Å². The number of phenols is 1. The first-order valence-electron chi connectivity index (χ1n) is 11.1. The third kappa shape index (κ3) is 3.26. The van der Waals surface area contributed by atoms with Gasteiger partial charge in [0, 0.05) is 48.1 Å². The summed E-state index contributed by atoms with van der Waals surface area (Å²) in [7, 11) is 0.